The van der Waals surface area contributed by atoms with E-state index in [0.717, 1.165) is 12.1 Å². The number of hydrogen-bond donors (Lipinski definition) is 1. The highest BCUT2D eigenvalue weighted by Gasteiger charge is 2.24. The molecule has 0 aliphatic carbocycles. The lowest BCUT2D eigenvalue weighted by molar-refractivity contribution is 0.195. The standard InChI is InChI=1S/C17H22FN3/c1-3-15(19)17(16-10-6-7-11-20-16)21(2)12-13-8-4-5-9-14(13)18/h4-11,15,17H,3,12,19H2,1-2H3. The summed E-state index contributed by atoms with van der Waals surface area (Å²) >= 11 is 0. The lowest BCUT2D eigenvalue weighted by Crippen LogP contribution is -2.39. The summed E-state index contributed by atoms with van der Waals surface area (Å²) in [5, 5.41) is 0. The smallest absolute Gasteiger partial charge is 0.127 e. The molecule has 0 saturated carbocycles. The average molecular weight is 287 g/mol. The third-order valence-electron chi connectivity index (χ3n) is 3.72. The summed E-state index contributed by atoms with van der Waals surface area (Å²) in [4.78, 5) is 6.48. The molecule has 0 radical (unpaired) electrons. The molecule has 112 valence electrons. The van der Waals surface area contributed by atoms with Crippen molar-refractivity contribution < 1.29 is 4.39 Å². The van der Waals surface area contributed by atoms with Crippen LogP contribution in [-0.4, -0.2) is 23.0 Å². The molecule has 0 saturated heterocycles. The van der Waals surface area contributed by atoms with E-state index < -0.39 is 0 Å². The number of halogens is 1. The maximum atomic E-state index is 13.8. The molecular formula is C17H22FN3. The molecule has 2 unspecified atom stereocenters. The highest BCUT2D eigenvalue weighted by Crippen LogP contribution is 2.24. The van der Waals surface area contributed by atoms with Crippen LogP contribution in [0.2, 0.25) is 0 Å². The van der Waals surface area contributed by atoms with E-state index in [2.05, 4.69) is 16.8 Å². The predicted octanol–water partition coefficient (Wildman–Crippen LogP) is 3.13. The number of nitrogens with zero attached hydrogens (tertiary/aromatic N) is 2. The maximum Gasteiger partial charge on any atom is 0.127 e. The number of hydrogen-bond acceptors (Lipinski definition) is 3. The van der Waals surface area contributed by atoms with Crippen molar-refractivity contribution >= 4 is 0 Å². The Balaban J connectivity index is 2.23. The summed E-state index contributed by atoms with van der Waals surface area (Å²) in [5.74, 6) is -0.186. The van der Waals surface area contributed by atoms with Gasteiger partial charge in [-0.1, -0.05) is 31.2 Å². The molecule has 1 aromatic carbocycles. The minimum absolute atomic E-state index is 0.0317. The lowest BCUT2D eigenvalue weighted by atomic mass is 10.0. The zero-order chi connectivity index (χ0) is 15.2. The van der Waals surface area contributed by atoms with Crippen LogP contribution in [0.25, 0.3) is 0 Å². The summed E-state index contributed by atoms with van der Waals surface area (Å²) in [6.45, 7) is 2.55. The van der Waals surface area contributed by atoms with E-state index in [1.807, 2.05) is 31.3 Å². The largest absolute Gasteiger partial charge is 0.326 e. The van der Waals surface area contributed by atoms with Gasteiger partial charge in [-0.05, 0) is 31.7 Å². The van der Waals surface area contributed by atoms with E-state index >= 15 is 0 Å². The van der Waals surface area contributed by atoms with Gasteiger partial charge in [0.15, 0.2) is 0 Å². The maximum absolute atomic E-state index is 13.8. The minimum atomic E-state index is -0.186. The Labute approximate surface area is 125 Å². The van der Waals surface area contributed by atoms with Gasteiger partial charge in [0.05, 0.1) is 11.7 Å². The third-order valence-corrected chi connectivity index (χ3v) is 3.72. The first-order chi connectivity index (χ1) is 10.1. The number of benzene rings is 1. The van der Waals surface area contributed by atoms with Gasteiger partial charge in [0.1, 0.15) is 5.82 Å². The summed E-state index contributed by atoms with van der Waals surface area (Å²) in [6.07, 6.45) is 2.60. The molecular weight excluding hydrogens is 265 g/mol. The van der Waals surface area contributed by atoms with E-state index in [0.29, 0.717) is 12.1 Å². The van der Waals surface area contributed by atoms with Crippen LogP contribution in [0, 0.1) is 5.82 Å². The second-order valence-electron chi connectivity index (χ2n) is 5.28. The molecule has 0 bridgehead atoms. The van der Waals surface area contributed by atoms with Crippen LogP contribution in [0.3, 0.4) is 0 Å². The average Bonchev–Trinajstić information content (AvgIpc) is 2.50. The normalized spacial score (nSPS) is 14.1. The topological polar surface area (TPSA) is 42.1 Å². The molecule has 2 rings (SSSR count). The monoisotopic (exact) mass is 287 g/mol. The van der Waals surface area contributed by atoms with Crippen LogP contribution in [0.4, 0.5) is 4.39 Å². The van der Waals surface area contributed by atoms with Crippen LogP contribution < -0.4 is 5.73 Å². The van der Waals surface area contributed by atoms with Gasteiger partial charge < -0.3 is 5.73 Å². The number of nitrogens with two attached hydrogens (primary N) is 1. The van der Waals surface area contributed by atoms with Crippen LogP contribution in [-0.2, 0) is 6.54 Å². The molecule has 1 heterocycles. The van der Waals surface area contributed by atoms with Gasteiger partial charge in [-0.15, -0.1) is 0 Å². The summed E-state index contributed by atoms with van der Waals surface area (Å²) < 4.78 is 13.8. The number of likely N-dealkylation sites (N-methyl/N-ethyl adjacent to an activating group) is 1. The van der Waals surface area contributed by atoms with Crippen LogP contribution >= 0.6 is 0 Å². The molecule has 4 heteroatoms. The zero-order valence-electron chi connectivity index (χ0n) is 12.5. The van der Waals surface area contributed by atoms with Crippen molar-refractivity contribution in [2.45, 2.75) is 32.0 Å². The fourth-order valence-electron chi connectivity index (χ4n) is 2.54. The Bertz CT molecular complexity index is 559. The van der Waals surface area contributed by atoms with Crippen molar-refractivity contribution in [3.63, 3.8) is 0 Å². The minimum Gasteiger partial charge on any atom is -0.326 e. The highest BCUT2D eigenvalue weighted by atomic mass is 19.1. The predicted molar refractivity (Wildman–Crippen MR) is 83.1 cm³/mol. The quantitative estimate of drug-likeness (QED) is 0.887. The van der Waals surface area contributed by atoms with Crippen molar-refractivity contribution in [1.29, 1.82) is 0 Å². The van der Waals surface area contributed by atoms with Crippen molar-refractivity contribution in [3.05, 3.63) is 65.7 Å². The summed E-state index contributed by atoms with van der Waals surface area (Å²) in [6, 6.07) is 12.6. The molecule has 0 spiro atoms. The fraction of sp³-hybridized carbons (Fsp3) is 0.353. The van der Waals surface area contributed by atoms with Gasteiger partial charge in [-0.2, -0.15) is 0 Å². The van der Waals surface area contributed by atoms with E-state index in [4.69, 9.17) is 5.73 Å². The first-order valence-corrected chi connectivity index (χ1v) is 7.23. The van der Waals surface area contributed by atoms with E-state index in [-0.39, 0.29) is 17.9 Å². The fourth-order valence-corrected chi connectivity index (χ4v) is 2.54. The van der Waals surface area contributed by atoms with E-state index in [9.17, 15) is 4.39 Å². The summed E-state index contributed by atoms with van der Waals surface area (Å²) in [7, 11) is 1.96. The van der Waals surface area contributed by atoms with Crippen molar-refractivity contribution in [3.8, 4) is 0 Å². The van der Waals surface area contributed by atoms with Gasteiger partial charge in [-0.3, -0.25) is 9.88 Å². The third kappa shape index (κ3) is 3.86. The van der Waals surface area contributed by atoms with Gasteiger partial charge in [0, 0.05) is 24.3 Å². The Kier molecular flexibility index (Phi) is 5.42. The van der Waals surface area contributed by atoms with Gasteiger partial charge in [-0.25, -0.2) is 4.39 Å². The Hall–Kier alpha value is -1.78. The lowest BCUT2D eigenvalue weighted by Gasteiger charge is -2.32. The molecule has 2 atom stereocenters. The van der Waals surface area contributed by atoms with Crippen molar-refractivity contribution in [1.82, 2.24) is 9.88 Å². The first kappa shape index (κ1) is 15.6. The SMILES string of the molecule is CCC(N)C(c1ccccn1)N(C)Cc1ccccc1F. The Morgan fingerprint density at radius 3 is 2.52 bits per heavy atom. The second-order valence-corrected chi connectivity index (χ2v) is 5.28. The van der Waals surface area contributed by atoms with E-state index in [1.54, 1.807) is 18.3 Å². The molecule has 2 N–H and O–H groups in total. The highest BCUT2D eigenvalue weighted by molar-refractivity contribution is 5.18. The molecule has 2 aromatic rings. The van der Waals surface area contributed by atoms with E-state index in [1.165, 1.54) is 6.07 Å². The molecule has 0 amide bonds. The first-order valence-electron chi connectivity index (χ1n) is 7.23. The number of aromatic nitrogens is 1. The van der Waals surface area contributed by atoms with Gasteiger partial charge in [0.2, 0.25) is 0 Å². The molecule has 1 aromatic heterocycles. The molecule has 3 nitrogen and oxygen atoms in total. The van der Waals surface area contributed by atoms with Crippen LogP contribution in [0.15, 0.2) is 48.7 Å². The Morgan fingerprint density at radius 1 is 1.19 bits per heavy atom. The molecule has 0 fully saturated rings. The molecule has 0 aliphatic rings. The van der Waals surface area contributed by atoms with Crippen LogP contribution in [0.1, 0.15) is 30.6 Å². The zero-order valence-corrected chi connectivity index (χ0v) is 12.5. The van der Waals surface area contributed by atoms with Crippen molar-refractivity contribution in [2.24, 2.45) is 5.73 Å². The number of rotatable bonds is 6. The summed E-state index contributed by atoms with van der Waals surface area (Å²) in [5.41, 5.74) is 7.86. The Morgan fingerprint density at radius 2 is 1.90 bits per heavy atom. The van der Waals surface area contributed by atoms with Gasteiger partial charge >= 0.3 is 0 Å². The second kappa shape index (κ2) is 7.29. The molecule has 21 heavy (non-hydrogen) atoms. The van der Waals surface area contributed by atoms with Crippen LogP contribution in [0.5, 0.6) is 0 Å². The number of pyridine rings is 1. The van der Waals surface area contributed by atoms with Gasteiger partial charge in [0.25, 0.3) is 0 Å². The molecule has 0 aliphatic heterocycles. The van der Waals surface area contributed by atoms with Crippen molar-refractivity contribution in [2.75, 3.05) is 7.05 Å².